The molecular formula is C14H22N2O2. The molecule has 0 spiro atoms. The minimum atomic E-state index is -0.511. The summed E-state index contributed by atoms with van der Waals surface area (Å²) in [5.74, 6) is 0.321. The van der Waals surface area contributed by atoms with Crippen molar-refractivity contribution in [3.63, 3.8) is 0 Å². The fraction of sp³-hybridized carbons (Fsp3) is 0.500. The molecule has 0 aromatic heterocycles. The molecular weight excluding hydrogens is 228 g/mol. The number of nitrogens with two attached hydrogens (primary N) is 1. The molecule has 1 amide bonds. The second-order valence-corrected chi connectivity index (χ2v) is 4.28. The molecule has 100 valence electrons. The van der Waals surface area contributed by atoms with Crippen molar-refractivity contribution in [1.82, 2.24) is 5.32 Å². The first-order valence-corrected chi connectivity index (χ1v) is 6.37. The highest BCUT2D eigenvalue weighted by Gasteiger charge is 2.22. The van der Waals surface area contributed by atoms with E-state index in [-0.39, 0.29) is 11.9 Å². The topological polar surface area (TPSA) is 64.3 Å². The van der Waals surface area contributed by atoms with Crippen molar-refractivity contribution < 1.29 is 9.53 Å². The quantitative estimate of drug-likeness (QED) is 0.778. The van der Waals surface area contributed by atoms with Gasteiger partial charge in [-0.15, -0.1) is 0 Å². The average molecular weight is 250 g/mol. The molecule has 3 N–H and O–H groups in total. The van der Waals surface area contributed by atoms with E-state index in [4.69, 9.17) is 10.5 Å². The lowest BCUT2D eigenvalue weighted by Gasteiger charge is -2.22. The van der Waals surface area contributed by atoms with Crippen LogP contribution >= 0.6 is 0 Å². The number of para-hydroxylation sites is 1. The molecule has 4 nitrogen and oxygen atoms in total. The monoisotopic (exact) mass is 250 g/mol. The molecule has 0 bridgehead atoms. The number of benzene rings is 1. The normalized spacial score (nSPS) is 13.9. The van der Waals surface area contributed by atoms with Crippen LogP contribution < -0.4 is 15.8 Å². The number of carbonyl (C=O) groups excluding carboxylic acids is 1. The minimum absolute atomic E-state index is 0.220. The van der Waals surface area contributed by atoms with E-state index in [9.17, 15) is 4.79 Å². The Kier molecular flexibility index (Phi) is 5.65. The zero-order chi connectivity index (χ0) is 13.5. The van der Waals surface area contributed by atoms with Gasteiger partial charge in [0.1, 0.15) is 11.8 Å². The molecule has 1 rings (SSSR count). The van der Waals surface area contributed by atoms with Crippen LogP contribution in [-0.4, -0.2) is 18.6 Å². The van der Waals surface area contributed by atoms with Crippen LogP contribution in [0.4, 0.5) is 0 Å². The molecule has 1 aromatic carbocycles. The molecule has 0 aliphatic heterocycles. The number of nitrogens with one attached hydrogen (secondary N) is 1. The first-order chi connectivity index (χ1) is 8.60. The van der Waals surface area contributed by atoms with Crippen molar-refractivity contribution >= 4 is 5.91 Å². The van der Waals surface area contributed by atoms with Crippen LogP contribution in [0, 0.1) is 0 Å². The first kappa shape index (κ1) is 14.5. The van der Waals surface area contributed by atoms with Gasteiger partial charge in [-0.05, 0) is 26.3 Å². The zero-order valence-corrected chi connectivity index (χ0v) is 11.3. The highest BCUT2D eigenvalue weighted by Crippen LogP contribution is 2.25. The van der Waals surface area contributed by atoms with E-state index >= 15 is 0 Å². The first-order valence-electron chi connectivity index (χ1n) is 6.37. The third kappa shape index (κ3) is 3.74. The smallest absolute Gasteiger partial charge is 0.239 e. The molecule has 2 atom stereocenters. The van der Waals surface area contributed by atoms with Crippen molar-refractivity contribution in [1.29, 1.82) is 0 Å². The summed E-state index contributed by atoms with van der Waals surface area (Å²) < 4.78 is 5.54. The Morgan fingerprint density at radius 3 is 2.61 bits per heavy atom. The van der Waals surface area contributed by atoms with E-state index in [1.807, 2.05) is 38.1 Å². The third-order valence-electron chi connectivity index (χ3n) is 2.88. The fourth-order valence-electron chi connectivity index (χ4n) is 1.73. The lowest BCUT2D eigenvalue weighted by molar-refractivity contribution is -0.120. The van der Waals surface area contributed by atoms with Crippen LogP contribution in [-0.2, 0) is 4.79 Å². The van der Waals surface area contributed by atoms with Crippen molar-refractivity contribution in [3.05, 3.63) is 29.8 Å². The van der Waals surface area contributed by atoms with Crippen LogP contribution in [0.25, 0.3) is 0 Å². The zero-order valence-electron chi connectivity index (χ0n) is 11.3. The summed E-state index contributed by atoms with van der Waals surface area (Å²) in [5, 5.41) is 3.23. The van der Waals surface area contributed by atoms with Crippen molar-refractivity contribution in [3.8, 4) is 5.75 Å². The number of primary amides is 1. The molecule has 0 radical (unpaired) electrons. The molecule has 0 heterocycles. The number of hydrogen-bond donors (Lipinski definition) is 2. The van der Waals surface area contributed by atoms with E-state index in [0.29, 0.717) is 12.4 Å². The lowest BCUT2D eigenvalue weighted by atomic mass is 10.0. The van der Waals surface area contributed by atoms with Crippen LogP contribution in [0.15, 0.2) is 24.3 Å². The van der Waals surface area contributed by atoms with Gasteiger partial charge in [0, 0.05) is 11.6 Å². The molecule has 0 aliphatic carbocycles. The van der Waals surface area contributed by atoms with Gasteiger partial charge in [-0.1, -0.05) is 25.1 Å². The van der Waals surface area contributed by atoms with Gasteiger partial charge in [0.2, 0.25) is 5.91 Å². The van der Waals surface area contributed by atoms with Gasteiger partial charge in [-0.25, -0.2) is 0 Å². The number of amides is 1. The predicted octanol–water partition coefficient (Wildman–Crippen LogP) is 2.00. The van der Waals surface area contributed by atoms with Gasteiger partial charge in [0.25, 0.3) is 0 Å². The summed E-state index contributed by atoms with van der Waals surface area (Å²) in [5.41, 5.74) is 6.28. The van der Waals surface area contributed by atoms with Crippen molar-refractivity contribution in [2.24, 2.45) is 5.73 Å². The SMILES string of the molecule is CCOc1ccccc1C(NC(C)CC)C(N)=O. The number of carbonyl (C=O) groups is 1. The summed E-state index contributed by atoms with van der Waals surface area (Å²) in [6.45, 7) is 6.56. The number of hydrogen-bond acceptors (Lipinski definition) is 3. The molecule has 1 aromatic rings. The third-order valence-corrected chi connectivity index (χ3v) is 2.88. The summed E-state index contributed by atoms with van der Waals surface area (Å²) in [4.78, 5) is 11.6. The Balaban J connectivity index is 3.01. The summed E-state index contributed by atoms with van der Waals surface area (Å²) in [6.07, 6.45) is 0.931. The Morgan fingerprint density at radius 2 is 2.06 bits per heavy atom. The summed E-state index contributed by atoms with van der Waals surface area (Å²) in [7, 11) is 0. The van der Waals surface area contributed by atoms with E-state index in [1.54, 1.807) is 0 Å². The Hall–Kier alpha value is -1.55. The Labute approximate surface area is 109 Å². The largest absolute Gasteiger partial charge is 0.494 e. The van der Waals surface area contributed by atoms with Crippen LogP contribution in [0.1, 0.15) is 38.8 Å². The van der Waals surface area contributed by atoms with E-state index in [1.165, 1.54) is 0 Å². The standard InChI is InChI=1S/C14H22N2O2/c1-4-10(3)16-13(14(15)17)11-8-6-7-9-12(11)18-5-2/h6-10,13,16H,4-5H2,1-3H3,(H2,15,17). The van der Waals surface area contributed by atoms with Gasteiger partial charge in [0.05, 0.1) is 6.61 Å². The molecule has 0 aliphatic rings. The fourth-order valence-corrected chi connectivity index (χ4v) is 1.73. The summed E-state index contributed by atoms with van der Waals surface area (Å²) in [6, 6.07) is 7.20. The maximum Gasteiger partial charge on any atom is 0.239 e. The molecule has 18 heavy (non-hydrogen) atoms. The summed E-state index contributed by atoms with van der Waals surface area (Å²) >= 11 is 0. The maximum atomic E-state index is 11.6. The van der Waals surface area contributed by atoms with Crippen molar-refractivity contribution in [2.75, 3.05) is 6.61 Å². The number of ether oxygens (including phenoxy) is 1. The van der Waals surface area contributed by atoms with Crippen LogP contribution in [0.2, 0.25) is 0 Å². The maximum absolute atomic E-state index is 11.6. The molecule has 2 unspecified atom stereocenters. The van der Waals surface area contributed by atoms with E-state index in [2.05, 4.69) is 12.2 Å². The lowest BCUT2D eigenvalue weighted by Crippen LogP contribution is -2.38. The van der Waals surface area contributed by atoms with Gasteiger partial charge in [-0.2, -0.15) is 0 Å². The van der Waals surface area contributed by atoms with Crippen LogP contribution in [0.3, 0.4) is 0 Å². The Morgan fingerprint density at radius 1 is 1.39 bits per heavy atom. The van der Waals surface area contributed by atoms with E-state index < -0.39 is 6.04 Å². The molecule has 0 fully saturated rings. The second kappa shape index (κ2) is 7.01. The highest BCUT2D eigenvalue weighted by atomic mass is 16.5. The second-order valence-electron chi connectivity index (χ2n) is 4.28. The van der Waals surface area contributed by atoms with Gasteiger partial charge >= 0.3 is 0 Å². The molecule has 0 saturated heterocycles. The Bertz CT molecular complexity index is 393. The van der Waals surface area contributed by atoms with Gasteiger partial charge < -0.3 is 10.5 Å². The average Bonchev–Trinajstić information content (AvgIpc) is 2.36. The van der Waals surface area contributed by atoms with Gasteiger partial charge in [0.15, 0.2) is 0 Å². The highest BCUT2D eigenvalue weighted by molar-refractivity contribution is 5.82. The number of rotatable bonds is 7. The molecule has 4 heteroatoms. The van der Waals surface area contributed by atoms with Crippen LogP contribution in [0.5, 0.6) is 5.75 Å². The molecule has 0 saturated carbocycles. The van der Waals surface area contributed by atoms with Crippen molar-refractivity contribution in [2.45, 2.75) is 39.3 Å². The van der Waals surface area contributed by atoms with E-state index in [0.717, 1.165) is 12.0 Å². The van der Waals surface area contributed by atoms with Gasteiger partial charge in [-0.3, -0.25) is 10.1 Å². The minimum Gasteiger partial charge on any atom is -0.494 e. The predicted molar refractivity (Wildman–Crippen MR) is 72.4 cm³/mol.